The lowest BCUT2D eigenvalue weighted by Gasteiger charge is -2.00. The quantitative estimate of drug-likeness (QED) is 0.745. The maximum absolute atomic E-state index is 4.90. The molecule has 0 aliphatic carbocycles. The van der Waals surface area contributed by atoms with Crippen molar-refractivity contribution in [3.05, 3.63) is 22.4 Å². The third-order valence-corrected chi connectivity index (χ3v) is 2.12. The van der Waals surface area contributed by atoms with E-state index < -0.39 is 0 Å². The van der Waals surface area contributed by atoms with Crippen LogP contribution in [0.25, 0.3) is 0 Å². The molecule has 1 heterocycles. The molecule has 0 aliphatic heterocycles. The number of rotatable bonds is 5. The second-order valence-electron chi connectivity index (χ2n) is 2.30. The molecule has 1 rings (SSSR count). The molecule has 0 atom stereocenters. The van der Waals surface area contributed by atoms with Gasteiger partial charge in [0.2, 0.25) is 0 Å². The summed E-state index contributed by atoms with van der Waals surface area (Å²) in [6.07, 6.45) is 0. The SMILES string of the molecule is COCCNCc1ccsc1.Cl. The summed E-state index contributed by atoms with van der Waals surface area (Å²) in [6, 6.07) is 2.13. The number of halogens is 1. The zero-order chi connectivity index (χ0) is 7.94. The van der Waals surface area contributed by atoms with Gasteiger partial charge >= 0.3 is 0 Å². The van der Waals surface area contributed by atoms with E-state index >= 15 is 0 Å². The molecule has 0 aromatic carbocycles. The lowest BCUT2D eigenvalue weighted by molar-refractivity contribution is 0.199. The van der Waals surface area contributed by atoms with Crippen molar-refractivity contribution >= 4 is 23.7 Å². The molecule has 70 valence electrons. The summed E-state index contributed by atoms with van der Waals surface area (Å²) >= 11 is 1.73. The van der Waals surface area contributed by atoms with Crippen LogP contribution in [0.2, 0.25) is 0 Å². The van der Waals surface area contributed by atoms with Crippen LogP contribution in [0.3, 0.4) is 0 Å². The molecular weight excluding hydrogens is 194 g/mol. The Balaban J connectivity index is 0.00000121. The van der Waals surface area contributed by atoms with E-state index in [2.05, 4.69) is 22.1 Å². The molecule has 4 heteroatoms. The normalized spacial score (nSPS) is 9.42. The Morgan fingerprint density at radius 1 is 1.58 bits per heavy atom. The molecule has 2 nitrogen and oxygen atoms in total. The molecule has 0 spiro atoms. The van der Waals surface area contributed by atoms with Crippen molar-refractivity contribution in [2.24, 2.45) is 0 Å². The molecule has 0 saturated heterocycles. The number of nitrogens with one attached hydrogen (secondary N) is 1. The third-order valence-electron chi connectivity index (χ3n) is 1.39. The van der Waals surface area contributed by atoms with Crippen LogP contribution in [0.1, 0.15) is 5.56 Å². The van der Waals surface area contributed by atoms with E-state index in [9.17, 15) is 0 Å². The molecule has 1 N–H and O–H groups in total. The Morgan fingerprint density at radius 2 is 2.42 bits per heavy atom. The van der Waals surface area contributed by atoms with E-state index in [1.165, 1.54) is 5.56 Å². The summed E-state index contributed by atoms with van der Waals surface area (Å²) in [6.45, 7) is 2.66. The predicted octanol–water partition coefficient (Wildman–Crippen LogP) is 1.91. The van der Waals surface area contributed by atoms with Gasteiger partial charge < -0.3 is 10.1 Å². The first-order valence-electron chi connectivity index (χ1n) is 3.64. The highest BCUT2D eigenvalue weighted by molar-refractivity contribution is 7.07. The smallest absolute Gasteiger partial charge is 0.0587 e. The molecule has 0 unspecified atom stereocenters. The van der Waals surface area contributed by atoms with Gasteiger partial charge in [-0.2, -0.15) is 11.3 Å². The molecule has 0 saturated carbocycles. The highest BCUT2D eigenvalue weighted by atomic mass is 35.5. The van der Waals surface area contributed by atoms with Crippen molar-refractivity contribution in [1.29, 1.82) is 0 Å². The van der Waals surface area contributed by atoms with Crippen molar-refractivity contribution in [2.75, 3.05) is 20.3 Å². The summed E-state index contributed by atoms with van der Waals surface area (Å²) in [5.41, 5.74) is 1.35. The Labute approximate surface area is 83.3 Å². The van der Waals surface area contributed by atoms with Gasteiger partial charge in [-0.15, -0.1) is 12.4 Å². The van der Waals surface area contributed by atoms with Crippen molar-refractivity contribution in [3.63, 3.8) is 0 Å². The van der Waals surface area contributed by atoms with Crippen molar-refractivity contribution in [1.82, 2.24) is 5.32 Å². The van der Waals surface area contributed by atoms with E-state index in [0.717, 1.165) is 19.7 Å². The Kier molecular flexibility index (Phi) is 7.50. The van der Waals surface area contributed by atoms with Gasteiger partial charge in [-0.3, -0.25) is 0 Å². The largest absolute Gasteiger partial charge is 0.383 e. The van der Waals surface area contributed by atoms with Crippen LogP contribution in [0, 0.1) is 0 Å². The van der Waals surface area contributed by atoms with E-state index in [0.29, 0.717) is 0 Å². The van der Waals surface area contributed by atoms with Gasteiger partial charge in [-0.1, -0.05) is 0 Å². The highest BCUT2D eigenvalue weighted by Gasteiger charge is 1.90. The summed E-state index contributed by atoms with van der Waals surface area (Å²) in [7, 11) is 1.71. The van der Waals surface area contributed by atoms with Crippen LogP contribution in [0.5, 0.6) is 0 Å². The lowest BCUT2D eigenvalue weighted by atomic mass is 10.3. The fraction of sp³-hybridized carbons (Fsp3) is 0.500. The molecule has 1 aromatic heterocycles. The second kappa shape index (κ2) is 7.55. The van der Waals surface area contributed by atoms with Gasteiger partial charge in [-0.25, -0.2) is 0 Å². The van der Waals surface area contributed by atoms with Crippen molar-refractivity contribution in [3.8, 4) is 0 Å². The van der Waals surface area contributed by atoms with E-state index in [4.69, 9.17) is 4.74 Å². The number of methoxy groups -OCH3 is 1. The maximum Gasteiger partial charge on any atom is 0.0587 e. The van der Waals surface area contributed by atoms with Crippen molar-refractivity contribution in [2.45, 2.75) is 6.54 Å². The van der Waals surface area contributed by atoms with Gasteiger partial charge in [0.1, 0.15) is 0 Å². The summed E-state index contributed by atoms with van der Waals surface area (Å²) < 4.78 is 4.90. The monoisotopic (exact) mass is 207 g/mol. The van der Waals surface area contributed by atoms with Crippen LogP contribution in [0.15, 0.2) is 16.8 Å². The average molecular weight is 208 g/mol. The van der Waals surface area contributed by atoms with Crippen LogP contribution >= 0.6 is 23.7 Å². The third kappa shape index (κ3) is 4.72. The Bertz CT molecular complexity index is 179. The van der Waals surface area contributed by atoms with E-state index in [1.807, 2.05) is 0 Å². The van der Waals surface area contributed by atoms with Crippen LogP contribution < -0.4 is 5.32 Å². The zero-order valence-corrected chi connectivity index (χ0v) is 8.71. The lowest BCUT2D eigenvalue weighted by Crippen LogP contribution is -2.17. The van der Waals surface area contributed by atoms with Gasteiger partial charge in [0, 0.05) is 20.2 Å². The summed E-state index contributed by atoms with van der Waals surface area (Å²) in [5, 5.41) is 7.51. The number of thiophene rings is 1. The maximum atomic E-state index is 4.90. The molecule has 12 heavy (non-hydrogen) atoms. The molecule has 0 bridgehead atoms. The summed E-state index contributed by atoms with van der Waals surface area (Å²) in [4.78, 5) is 0. The van der Waals surface area contributed by atoms with Gasteiger partial charge in [-0.05, 0) is 22.4 Å². The minimum Gasteiger partial charge on any atom is -0.383 e. The van der Waals surface area contributed by atoms with Gasteiger partial charge in [0.05, 0.1) is 6.61 Å². The van der Waals surface area contributed by atoms with E-state index in [1.54, 1.807) is 18.4 Å². The predicted molar refractivity (Wildman–Crippen MR) is 55.1 cm³/mol. The van der Waals surface area contributed by atoms with Crippen LogP contribution in [-0.4, -0.2) is 20.3 Å². The van der Waals surface area contributed by atoms with Crippen LogP contribution in [0.4, 0.5) is 0 Å². The number of ether oxygens (including phenoxy) is 1. The Hall–Kier alpha value is -0.0900. The molecule has 0 radical (unpaired) electrons. The van der Waals surface area contributed by atoms with Crippen molar-refractivity contribution < 1.29 is 4.74 Å². The van der Waals surface area contributed by atoms with Gasteiger partial charge in [0.15, 0.2) is 0 Å². The minimum atomic E-state index is 0. The zero-order valence-electron chi connectivity index (χ0n) is 7.08. The topological polar surface area (TPSA) is 21.3 Å². The standard InChI is InChI=1S/C8H13NOS.ClH/c1-10-4-3-9-6-8-2-5-11-7-8;/h2,5,7,9H,3-4,6H2,1H3;1H. The first-order chi connectivity index (χ1) is 5.43. The molecular formula is C8H14ClNOS. The first-order valence-corrected chi connectivity index (χ1v) is 4.58. The fourth-order valence-corrected chi connectivity index (χ4v) is 1.47. The summed E-state index contributed by atoms with van der Waals surface area (Å²) in [5.74, 6) is 0. The number of hydrogen-bond acceptors (Lipinski definition) is 3. The molecule has 0 fully saturated rings. The molecule has 0 amide bonds. The highest BCUT2D eigenvalue weighted by Crippen LogP contribution is 2.04. The molecule has 1 aromatic rings. The number of hydrogen-bond donors (Lipinski definition) is 1. The average Bonchev–Trinajstić information content (AvgIpc) is 2.50. The fourth-order valence-electron chi connectivity index (χ4n) is 0.800. The van der Waals surface area contributed by atoms with Crippen LogP contribution in [-0.2, 0) is 11.3 Å². The van der Waals surface area contributed by atoms with Gasteiger partial charge in [0.25, 0.3) is 0 Å². The van der Waals surface area contributed by atoms with E-state index in [-0.39, 0.29) is 12.4 Å². The first kappa shape index (κ1) is 11.9. The minimum absolute atomic E-state index is 0. The Morgan fingerprint density at radius 3 is 3.00 bits per heavy atom. The molecule has 0 aliphatic rings. The second-order valence-corrected chi connectivity index (χ2v) is 3.08.